The van der Waals surface area contributed by atoms with Gasteiger partial charge in [-0.25, -0.2) is 0 Å². The Kier molecular flexibility index (Phi) is 6.62. The molecule has 1 atom stereocenters. The molecule has 0 aliphatic carbocycles. The lowest BCUT2D eigenvalue weighted by Gasteiger charge is -2.22. The Morgan fingerprint density at radius 1 is 1.35 bits per heavy atom. The fraction of sp³-hybridized carbons (Fsp3) is 0.538. The summed E-state index contributed by atoms with van der Waals surface area (Å²) in [6, 6.07) is 10.0. The predicted molar refractivity (Wildman–Crippen MR) is 70.5 cm³/mol. The smallest absolute Gasteiger partial charge is 0.0839 e. The standard InChI is InChI=1S/C13H22N2O2/c1-15(12-6-4-3-5-7-12)11-13(16)10-14-8-9-17-2/h3-7,13-14,16H,8-11H2,1-2H3. The Bertz CT molecular complexity index is 293. The molecular formula is C13H22N2O2. The highest BCUT2D eigenvalue weighted by molar-refractivity contribution is 5.45. The zero-order valence-electron chi connectivity index (χ0n) is 10.6. The molecule has 1 unspecified atom stereocenters. The van der Waals surface area contributed by atoms with Crippen molar-refractivity contribution in [2.45, 2.75) is 6.10 Å². The number of nitrogens with zero attached hydrogens (tertiary/aromatic N) is 1. The van der Waals surface area contributed by atoms with Gasteiger partial charge in [0, 0.05) is 39.5 Å². The second kappa shape index (κ2) is 8.06. The lowest BCUT2D eigenvalue weighted by molar-refractivity contribution is 0.164. The van der Waals surface area contributed by atoms with Crippen LogP contribution in [0.3, 0.4) is 0 Å². The van der Waals surface area contributed by atoms with Crippen LogP contribution in [-0.4, -0.2) is 51.6 Å². The molecule has 1 aromatic carbocycles. The van der Waals surface area contributed by atoms with Crippen LogP contribution >= 0.6 is 0 Å². The summed E-state index contributed by atoms with van der Waals surface area (Å²) in [5.41, 5.74) is 1.11. The van der Waals surface area contributed by atoms with Gasteiger partial charge in [-0.15, -0.1) is 0 Å². The maximum atomic E-state index is 9.84. The molecule has 96 valence electrons. The fourth-order valence-electron chi connectivity index (χ4n) is 1.61. The first-order valence-electron chi connectivity index (χ1n) is 5.88. The van der Waals surface area contributed by atoms with Crippen LogP contribution in [0.2, 0.25) is 0 Å². The highest BCUT2D eigenvalue weighted by Crippen LogP contribution is 2.10. The van der Waals surface area contributed by atoms with E-state index in [4.69, 9.17) is 4.74 Å². The van der Waals surface area contributed by atoms with Gasteiger partial charge in [-0.3, -0.25) is 0 Å². The molecule has 0 spiro atoms. The lowest BCUT2D eigenvalue weighted by Crippen LogP contribution is -2.37. The molecule has 0 aromatic heterocycles. The number of nitrogens with one attached hydrogen (secondary N) is 1. The first-order valence-corrected chi connectivity index (χ1v) is 5.88. The van der Waals surface area contributed by atoms with Crippen molar-refractivity contribution in [1.82, 2.24) is 5.32 Å². The van der Waals surface area contributed by atoms with E-state index in [0.29, 0.717) is 19.7 Å². The van der Waals surface area contributed by atoms with Gasteiger partial charge >= 0.3 is 0 Å². The molecule has 0 amide bonds. The van der Waals surface area contributed by atoms with Gasteiger partial charge in [0.2, 0.25) is 0 Å². The second-order valence-corrected chi connectivity index (χ2v) is 4.07. The van der Waals surface area contributed by atoms with E-state index >= 15 is 0 Å². The number of benzene rings is 1. The van der Waals surface area contributed by atoms with Crippen molar-refractivity contribution >= 4 is 5.69 Å². The fourth-order valence-corrected chi connectivity index (χ4v) is 1.61. The van der Waals surface area contributed by atoms with E-state index in [1.165, 1.54) is 0 Å². The van der Waals surface area contributed by atoms with E-state index < -0.39 is 0 Å². The molecule has 0 saturated heterocycles. The summed E-state index contributed by atoms with van der Waals surface area (Å²) >= 11 is 0. The SMILES string of the molecule is COCCNCC(O)CN(C)c1ccccc1. The van der Waals surface area contributed by atoms with Gasteiger partial charge in [0.05, 0.1) is 12.7 Å². The van der Waals surface area contributed by atoms with Gasteiger partial charge in [-0.1, -0.05) is 18.2 Å². The molecule has 4 nitrogen and oxygen atoms in total. The summed E-state index contributed by atoms with van der Waals surface area (Å²) in [6.07, 6.45) is -0.378. The van der Waals surface area contributed by atoms with Crippen molar-refractivity contribution in [3.05, 3.63) is 30.3 Å². The monoisotopic (exact) mass is 238 g/mol. The van der Waals surface area contributed by atoms with Crippen LogP contribution in [0.4, 0.5) is 5.69 Å². The van der Waals surface area contributed by atoms with Crippen LogP contribution in [0.15, 0.2) is 30.3 Å². The Hall–Kier alpha value is -1.10. The first-order chi connectivity index (χ1) is 8.24. The zero-order valence-corrected chi connectivity index (χ0v) is 10.6. The van der Waals surface area contributed by atoms with Gasteiger partial charge in [0.15, 0.2) is 0 Å². The number of hydrogen-bond donors (Lipinski definition) is 2. The van der Waals surface area contributed by atoms with E-state index in [-0.39, 0.29) is 6.10 Å². The highest BCUT2D eigenvalue weighted by atomic mass is 16.5. The number of para-hydroxylation sites is 1. The summed E-state index contributed by atoms with van der Waals surface area (Å²) in [6.45, 7) is 2.63. The number of aliphatic hydroxyl groups excluding tert-OH is 1. The number of likely N-dealkylation sites (N-methyl/N-ethyl adjacent to an activating group) is 1. The normalized spacial score (nSPS) is 12.4. The molecule has 1 aromatic rings. The van der Waals surface area contributed by atoms with E-state index in [1.54, 1.807) is 7.11 Å². The summed E-state index contributed by atoms with van der Waals surface area (Å²) in [4.78, 5) is 2.04. The third kappa shape index (κ3) is 5.68. The molecule has 0 aliphatic heterocycles. The Morgan fingerprint density at radius 3 is 2.71 bits per heavy atom. The summed E-state index contributed by atoms with van der Waals surface area (Å²) < 4.78 is 4.92. The second-order valence-electron chi connectivity index (χ2n) is 4.07. The van der Waals surface area contributed by atoms with Crippen molar-refractivity contribution in [3.63, 3.8) is 0 Å². The average molecular weight is 238 g/mol. The molecule has 17 heavy (non-hydrogen) atoms. The minimum atomic E-state index is -0.378. The van der Waals surface area contributed by atoms with E-state index in [9.17, 15) is 5.11 Å². The van der Waals surface area contributed by atoms with Gasteiger partial charge in [0.1, 0.15) is 0 Å². The number of methoxy groups -OCH3 is 1. The van der Waals surface area contributed by atoms with Gasteiger partial charge in [-0.2, -0.15) is 0 Å². The van der Waals surface area contributed by atoms with Crippen LogP contribution < -0.4 is 10.2 Å². The molecule has 0 radical (unpaired) electrons. The van der Waals surface area contributed by atoms with Crippen molar-refractivity contribution in [1.29, 1.82) is 0 Å². The van der Waals surface area contributed by atoms with Crippen molar-refractivity contribution in [2.75, 3.05) is 45.3 Å². The highest BCUT2D eigenvalue weighted by Gasteiger charge is 2.07. The van der Waals surface area contributed by atoms with Crippen molar-refractivity contribution in [2.24, 2.45) is 0 Å². The van der Waals surface area contributed by atoms with Crippen LogP contribution in [-0.2, 0) is 4.74 Å². The van der Waals surface area contributed by atoms with Crippen LogP contribution in [0, 0.1) is 0 Å². The Balaban J connectivity index is 2.24. The Morgan fingerprint density at radius 2 is 2.06 bits per heavy atom. The van der Waals surface area contributed by atoms with E-state index in [1.807, 2.05) is 42.3 Å². The van der Waals surface area contributed by atoms with E-state index in [0.717, 1.165) is 12.2 Å². The van der Waals surface area contributed by atoms with Crippen LogP contribution in [0.25, 0.3) is 0 Å². The van der Waals surface area contributed by atoms with Gasteiger partial charge < -0.3 is 20.1 Å². The molecule has 0 heterocycles. The maximum Gasteiger partial charge on any atom is 0.0839 e. The third-order valence-corrected chi connectivity index (χ3v) is 2.54. The largest absolute Gasteiger partial charge is 0.390 e. The van der Waals surface area contributed by atoms with Crippen LogP contribution in [0.1, 0.15) is 0 Å². The number of hydrogen-bond acceptors (Lipinski definition) is 4. The molecule has 0 saturated carbocycles. The number of aliphatic hydroxyl groups is 1. The van der Waals surface area contributed by atoms with Crippen LogP contribution in [0.5, 0.6) is 0 Å². The zero-order chi connectivity index (χ0) is 12.5. The molecule has 4 heteroatoms. The molecule has 2 N–H and O–H groups in total. The maximum absolute atomic E-state index is 9.84. The number of anilines is 1. The van der Waals surface area contributed by atoms with Gasteiger partial charge in [0.25, 0.3) is 0 Å². The predicted octanol–water partition coefficient (Wildman–Crippen LogP) is 0.720. The minimum absolute atomic E-state index is 0.378. The van der Waals surface area contributed by atoms with E-state index in [2.05, 4.69) is 5.32 Å². The third-order valence-electron chi connectivity index (χ3n) is 2.54. The summed E-state index contributed by atoms with van der Waals surface area (Å²) in [5, 5.41) is 13.0. The molecule has 0 fully saturated rings. The van der Waals surface area contributed by atoms with Gasteiger partial charge in [-0.05, 0) is 12.1 Å². The first kappa shape index (κ1) is 14.0. The topological polar surface area (TPSA) is 44.7 Å². The number of ether oxygens (including phenoxy) is 1. The van der Waals surface area contributed by atoms with Crippen molar-refractivity contribution in [3.8, 4) is 0 Å². The summed E-state index contributed by atoms with van der Waals surface area (Å²) in [7, 11) is 3.65. The average Bonchev–Trinajstić information content (AvgIpc) is 2.36. The lowest BCUT2D eigenvalue weighted by atomic mass is 10.2. The Labute approximate surface area is 103 Å². The molecular weight excluding hydrogens is 216 g/mol. The minimum Gasteiger partial charge on any atom is -0.390 e. The molecule has 0 aliphatic rings. The van der Waals surface area contributed by atoms with Crippen molar-refractivity contribution < 1.29 is 9.84 Å². The molecule has 0 bridgehead atoms. The number of rotatable bonds is 8. The summed E-state index contributed by atoms with van der Waals surface area (Å²) in [5.74, 6) is 0. The molecule has 1 rings (SSSR count). The quantitative estimate of drug-likeness (QED) is 0.655.